The maximum atomic E-state index is 9.27. The molecule has 29 heavy (non-hydrogen) atoms. The van der Waals surface area contributed by atoms with Gasteiger partial charge in [0.1, 0.15) is 0 Å². The number of nitrogens with zero attached hydrogens (tertiary/aromatic N) is 2. The van der Waals surface area contributed by atoms with Crippen LogP contribution in [0.1, 0.15) is 35.1 Å². The maximum absolute atomic E-state index is 9.27. The number of benzene rings is 2. The highest BCUT2D eigenvalue weighted by Gasteiger charge is 2.51. The summed E-state index contributed by atoms with van der Waals surface area (Å²) in [5.41, 5.74) is 6.21. The highest BCUT2D eigenvalue weighted by molar-refractivity contribution is 5.33. The van der Waals surface area contributed by atoms with Crippen LogP contribution in [0.25, 0.3) is 0 Å². The fraction of sp³-hybridized carbons (Fsp3) is 0.538. The van der Waals surface area contributed by atoms with Gasteiger partial charge in [0.05, 0.1) is 0 Å². The van der Waals surface area contributed by atoms with Gasteiger partial charge in [-0.3, -0.25) is 4.90 Å². The van der Waals surface area contributed by atoms with Gasteiger partial charge in [0.25, 0.3) is 0 Å². The van der Waals surface area contributed by atoms with Gasteiger partial charge in [-0.25, -0.2) is 0 Å². The van der Waals surface area contributed by atoms with E-state index in [0.717, 1.165) is 25.4 Å². The molecule has 0 spiro atoms. The van der Waals surface area contributed by atoms with E-state index in [1.807, 2.05) is 0 Å². The smallest absolute Gasteiger partial charge is 0.0443 e. The van der Waals surface area contributed by atoms with Crippen LogP contribution >= 0.6 is 0 Å². The van der Waals surface area contributed by atoms with Crippen LogP contribution in [0.3, 0.4) is 0 Å². The van der Waals surface area contributed by atoms with Gasteiger partial charge in [-0.15, -0.1) is 0 Å². The average Bonchev–Trinajstić information content (AvgIpc) is 3.22. The topological polar surface area (TPSA) is 26.7 Å². The Balaban J connectivity index is 1.48. The molecule has 2 unspecified atom stereocenters. The standard InChI is InChI=1S/C26H36N2O/c1-21-8-6-9-22(2)25(21)18-28-17-24-16-27(14-7-15-29)19-26(24,20-28)13-12-23-10-4-3-5-11-23/h3-6,8-11,24,29H,7,12-20H2,1-2H3. The summed E-state index contributed by atoms with van der Waals surface area (Å²) in [5, 5.41) is 9.27. The summed E-state index contributed by atoms with van der Waals surface area (Å²) >= 11 is 0. The predicted octanol–water partition coefficient (Wildman–Crippen LogP) is 4.05. The molecule has 2 aromatic carbocycles. The van der Waals surface area contributed by atoms with Crippen molar-refractivity contribution in [1.29, 1.82) is 0 Å². The van der Waals surface area contributed by atoms with Crippen molar-refractivity contribution in [3.63, 3.8) is 0 Å². The van der Waals surface area contributed by atoms with Gasteiger partial charge >= 0.3 is 0 Å². The van der Waals surface area contributed by atoms with Crippen molar-refractivity contribution in [2.45, 2.75) is 39.7 Å². The molecule has 2 saturated heterocycles. The molecule has 0 aliphatic carbocycles. The largest absolute Gasteiger partial charge is 0.396 e. The zero-order valence-corrected chi connectivity index (χ0v) is 18.1. The first kappa shape index (κ1) is 20.6. The molecule has 2 heterocycles. The van der Waals surface area contributed by atoms with E-state index in [1.54, 1.807) is 0 Å². The minimum absolute atomic E-state index is 0.302. The van der Waals surface area contributed by atoms with Crippen LogP contribution in [0.5, 0.6) is 0 Å². The molecule has 0 saturated carbocycles. The van der Waals surface area contributed by atoms with Gasteiger partial charge in [-0.05, 0) is 61.3 Å². The van der Waals surface area contributed by atoms with Gasteiger partial charge in [0.15, 0.2) is 0 Å². The molecule has 0 amide bonds. The Kier molecular flexibility index (Phi) is 6.38. The SMILES string of the molecule is Cc1cccc(C)c1CN1CC2CN(CCCO)CC2(CCc2ccccc2)C1. The highest BCUT2D eigenvalue weighted by Crippen LogP contribution is 2.46. The quantitative estimate of drug-likeness (QED) is 0.734. The van der Waals surface area contributed by atoms with E-state index in [-0.39, 0.29) is 0 Å². The summed E-state index contributed by atoms with van der Waals surface area (Å²) in [7, 11) is 0. The van der Waals surface area contributed by atoms with Crippen molar-refractivity contribution in [2.75, 3.05) is 39.3 Å². The number of rotatable bonds is 8. The molecule has 2 aromatic rings. The molecule has 3 nitrogen and oxygen atoms in total. The van der Waals surface area contributed by atoms with E-state index in [4.69, 9.17) is 0 Å². The van der Waals surface area contributed by atoms with Crippen molar-refractivity contribution in [2.24, 2.45) is 11.3 Å². The second-order valence-corrected chi connectivity index (χ2v) is 9.40. The first-order valence-electron chi connectivity index (χ1n) is 11.2. The lowest BCUT2D eigenvalue weighted by molar-refractivity contribution is 0.187. The first-order chi connectivity index (χ1) is 14.1. The Morgan fingerprint density at radius 2 is 1.62 bits per heavy atom. The van der Waals surface area contributed by atoms with Crippen LogP contribution in [-0.4, -0.2) is 54.2 Å². The molecule has 3 heteroatoms. The summed E-state index contributed by atoms with van der Waals surface area (Å²) in [6.07, 6.45) is 3.33. The lowest BCUT2D eigenvalue weighted by Gasteiger charge is -2.30. The predicted molar refractivity (Wildman–Crippen MR) is 120 cm³/mol. The molecule has 0 bridgehead atoms. The monoisotopic (exact) mass is 392 g/mol. The van der Waals surface area contributed by atoms with E-state index in [0.29, 0.717) is 12.0 Å². The fourth-order valence-corrected chi connectivity index (χ4v) is 5.70. The molecule has 2 fully saturated rings. The summed E-state index contributed by atoms with van der Waals surface area (Å²) < 4.78 is 0. The summed E-state index contributed by atoms with van der Waals surface area (Å²) in [5.74, 6) is 0.745. The van der Waals surface area contributed by atoms with Crippen molar-refractivity contribution >= 4 is 0 Å². The average molecular weight is 393 g/mol. The van der Waals surface area contributed by atoms with Gasteiger partial charge in [-0.1, -0.05) is 48.5 Å². The Hall–Kier alpha value is -1.68. The van der Waals surface area contributed by atoms with Crippen LogP contribution in [0.15, 0.2) is 48.5 Å². The Morgan fingerprint density at radius 1 is 0.931 bits per heavy atom. The third-order valence-electron chi connectivity index (χ3n) is 7.31. The van der Waals surface area contributed by atoms with Crippen molar-refractivity contribution in [3.8, 4) is 0 Å². The zero-order chi connectivity index (χ0) is 20.3. The number of aryl methyl sites for hydroxylation is 3. The van der Waals surface area contributed by atoms with Crippen LogP contribution in [0.4, 0.5) is 0 Å². The third kappa shape index (κ3) is 4.58. The van der Waals surface area contributed by atoms with Crippen LogP contribution in [-0.2, 0) is 13.0 Å². The van der Waals surface area contributed by atoms with Gasteiger partial charge in [0.2, 0.25) is 0 Å². The molecule has 1 N–H and O–H groups in total. The third-order valence-corrected chi connectivity index (χ3v) is 7.31. The fourth-order valence-electron chi connectivity index (χ4n) is 5.70. The highest BCUT2D eigenvalue weighted by atomic mass is 16.3. The Bertz CT molecular complexity index is 785. The first-order valence-corrected chi connectivity index (χ1v) is 11.2. The Labute approximate surface area is 176 Å². The molecule has 2 aliphatic heterocycles. The maximum Gasteiger partial charge on any atom is 0.0443 e. The normalized spacial score (nSPS) is 24.9. The Morgan fingerprint density at radius 3 is 2.34 bits per heavy atom. The van der Waals surface area contributed by atoms with Crippen LogP contribution in [0, 0.1) is 25.2 Å². The molecule has 156 valence electrons. The van der Waals surface area contributed by atoms with Crippen molar-refractivity contribution < 1.29 is 5.11 Å². The van der Waals surface area contributed by atoms with Gasteiger partial charge < -0.3 is 10.0 Å². The zero-order valence-electron chi connectivity index (χ0n) is 18.1. The molecule has 0 aromatic heterocycles. The summed E-state index contributed by atoms with van der Waals surface area (Å²) in [6.45, 7) is 11.7. The molecular weight excluding hydrogens is 356 g/mol. The molecule has 0 radical (unpaired) electrons. The van der Waals surface area contributed by atoms with E-state index in [9.17, 15) is 5.11 Å². The number of aliphatic hydroxyl groups excluding tert-OH is 1. The van der Waals surface area contributed by atoms with E-state index >= 15 is 0 Å². The van der Waals surface area contributed by atoms with Gasteiger partial charge in [-0.2, -0.15) is 0 Å². The minimum atomic E-state index is 0.302. The van der Waals surface area contributed by atoms with Crippen molar-refractivity contribution in [1.82, 2.24) is 9.80 Å². The number of likely N-dealkylation sites (tertiary alicyclic amines) is 2. The number of fused-ring (bicyclic) bond motifs is 1. The van der Waals surface area contributed by atoms with Crippen molar-refractivity contribution in [3.05, 3.63) is 70.8 Å². The number of hydrogen-bond donors (Lipinski definition) is 1. The van der Waals surface area contributed by atoms with Gasteiger partial charge in [0, 0.05) is 51.3 Å². The van der Waals surface area contributed by atoms with E-state index < -0.39 is 0 Å². The lowest BCUT2D eigenvalue weighted by Crippen LogP contribution is -2.35. The molecular formula is C26H36N2O. The number of aliphatic hydroxyl groups is 1. The van der Waals surface area contributed by atoms with E-state index in [2.05, 4.69) is 72.2 Å². The van der Waals surface area contributed by atoms with E-state index in [1.165, 1.54) is 61.3 Å². The second kappa shape index (κ2) is 8.99. The lowest BCUT2D eigenvalue weighted by atomic mass is 9.76. The second-order valence-electron chi connectivity index (χ2n) is 9.40. The van der Waals surface area contributed by atoms with Crippen LogP contribution in [0.2, 0.25) is 0 Å². The number of hydrogen-bond acceptors (Lipinski definition) is 3. The summed E-state index contributed by atoms with van der Waals surface area (Å²) in [4.78, 5) is 5.33. The minimum Gasteiger partial charge on any atom is -0.396 e. The molecule has 2 aliphatic rings. The van der Waals surface area contributed by atoms with Crippen LogP contribution < -0.4 is 0 Å². The molecule has 2 atom stereocenters. The summed E-state index contributed by atoms with van der Waals surface area (Å²) in [6, 6.07) is 17.7. The molecule has 4 rings (SSSR count).